The molecule has 5 nitrogen and oxygen atoms in total. The fourth-order valence-electron chi connectivity index (χ4n) is 1.98. The van der Waals surface area contributed by atoms with Crippen LogP contribution in [0.15, 0.2) is 42.5 Å². The summed E-state index contributed by atoms with van der Waals surface area (Å²) in [7, 11) is 0. The standard InChI is InChI=1S/C20H20FNO4/c1-13(2)12-24-20(23)14(3)25-16-5-7-17(8-6-16)26-19-9-4-15(11-22)10-18(19)21/h4-10,13-14H,12H2,1-3H3. The van der Waals surface area contributed by atoms with Crippen LogP contribution in [0.1, 0.15) is 26.3 Å². The highest BCUT2D eigenvalue weighted by Gasteiger charge is 2.17. The van der Waals surface area contributed by atoms with Gasteiger partial charge in [-0.05, 0) is 55.3 Å². The number of nitrogens with zero attached hydrogens (tertiary/aromatic N) is 1. The zero-order valence-corrected chi connectivity index (χ0v) is 14.9. The molecule has 6 heteroatoms. The summed E-state index contributed by atoms with van der Waals surface area (Å²) in [4.78, 5) is 11.8. The van der Waals surface area contributed by atoms with Crippen molar-refractivity contribution >= 4 is 5.97 Å². The molecule has 0 aromatic heterocycles. The van der Waals surface area contributed by atoms with Crippen LogP contribution in [0.2, 0.25) is 0 Å². The van der Waals surface area contributed by atoms with Crippen LogP contribution in [-0.4, -0.2) is 18.7 Å². The quantitative estimate of drug-likeness (QED) is 0.685. The summed E-state index contributed by atoms with van der Waals surface area (Å²) < 4.78 is 29.9. The molecule has 136 valence electrons. The Kier molecular flexibility index (Phi) is 6.56. The zero-order chi connectivity index (χ0) is 19.1. The molecule has 0 radical (unpaired) electrons. The molecule has 0 spiro atoms. The van der Waals surface area contributed by atoms with E-state index in [0.29, 0.717) is 18.1 Å². The molecule has 0 aliphatic carbocycles. The van der Waals surface area contributed by atoms with Gasteiger partial charge in [-0.1, -0.05) is 13.8 Å². The Bertz CT molecular complexity index is 796. The predicted octanol–water partition coefficient (Wildman–Crippen LogP) is 4.46. The first kappa shape index (κ1) is 19.3. The fraction of sp³-hybridized carbons (Fsp3) is 0.300. The lowest BCUT2D eigenvalue weighted by Crippen LogP contribution is -2.27. The van der Waals surface area contributed by atoms with E-state index in [0.717, 1.165) is 6.07 Å². The first-order valence-electron chi connectivity index (χ1n) is 8.20. The summed E-state index contributed by atoms with van der Waals surface area (Å²) in [6.45, 7) is 5.86. The van der Waals surface area contributed by atoms with Crippen molar-refractivity contribution in [1.82, 2.24) is 0 Å². The topological polar surface area (TPSA) is 68.6 Å². The monoisotopic (exact) mass is 357 g/mol. The second-order valence-corrected chi connectivity index (χ2v) is 6.11. The van der Waals surface area contributed by atoms with Crippen molar-refractivity contribution < 1.29 is 23.4 Å². The SMILES string of the molecule is CC(C)COC(=O)C(C)Oc1ccc(Oc2ccc(C#N)cc2F)cc1. The maximum absolute atomic E-state index is 13.8. The van der Waals surface area contributed by atoms with E-state index in [2.05, 4.69) is 0 Å². The Morgan fingerprint density at radius 3 is 2.35 bits per heavy atom. The Hall–Kier alpha value is -3.07. The van der Waals surface area contributed by atoms with E-state index in [1.54, 1.807) is 31.2 Å². The Labute approximate surface area is 151 Å². The fourth-order valence-corrected chi connectivity index (χ4v) is 1.98. The molecule has 0 fully saturated rings. The van der Waals surface area contributed by atoms with Crippen LogP contribution in [-0.2, 0) is 9.53 Å². The number of hydrogen-bond donors (Lipinski definition) is 0. The number of carbonyl (C=O) groups excluding carboxylic acids is 1. The minimum absolute atomic E-state index is 0.0169. The van der Waals surface area contributed by atoms with E-state index in [9.17, 15) is 9.18 Å². The highest BCUT2D eigenvalue weighted by Crippen LogP contribution is 2.27. The van der Waals surface area contributed by atoms with Crippen molar-refractivity contribution in [2.75, 3.05) is 6.61 Å². The molecule has 0 amide bonds. The molecule has 0 aliphatic rings. The van der Waals surface area contributed by atoms with E-state index in [-0.39, 0.29) is 17.2 Å². The van der Waals surface area contributed by atoms with Crippen LogP contribution >= 0.6 is 0 Å². The first-order chi connectivity index (χ1) is 12.4. The summed E-state index contributed by atoms with van der Waals surface area (Å²) in [5.41, 5.74) is 0.219. The van der Waals surface area contributed by atoms with E-state index < -0.39 is 17.9 Å². The molecule has 1 atom stereocenters. The van der Waals surface area contributed by atoms with Gasteiger partial charge in [-0.25, -0.2) is 9.18 Å². The van der Waals surface area contributed by atoms with Gasteiger partial charge in [0.05, 0.1) is 18.2 Å². The minimum Gasteiger partial charge on any atom is -0.479 e. The highest BCUT2D eigenvalue weighted by atomic mass is 19.1. The van der Waals surface area contributed by atoms with Gasteiger partial charge in [0, 0.05) is 0 Å². The number of nitriles is 1. The molecule has 26 heavy (non-hydrogen) atoms. The lowest BCUT2D eigenvalue weighted by atomic mass is 10.2. The average molecular weight is 357 g/mol. The molecule has 0 heterocycles. The molecule has 0 saturated heterocycles. The van der Waals surface area contributed by atoms with Gasteiger partial charge in [-0.3, -0.25) is 0 Å². The molecule has 1 unspecified atom stereocenters. The minimum atomic E-state index is -0.739. The molecule has 0 aliphatic heterocycles. The van der Waals surface area contributed by atoms with Crippen molar-refractivity contribution in [3.8, 4) is 23.3 Å². The number of benzene rings is 2. The van der Waals surface area contributed by atoms with Crippen molar-refractivity contribution in [2.45, 2.75) is 26.9 Å². The summed E-state index contributed by atoms with van der Waals surface area (Å²) in [6.07, 6.45) is -0.739. The number of rotatable bonds is 7. The van der Waals surface area contributed by atoms with Crippen LogP contribution in [0.4, 0.5) is 4.39 Å². The largest absolute Gasteiger partial charge is 0.479 e. The zero-order valence-electron chi connectivity index (χ0n) is 14.9. The molecule has 0 N–H and O–H groups in total. The van der Waals surface area contributed by atoms with E-state index >= 15 is 0 Å². The Morgan fingerprint density at radius 1 is 1.12 bits per heavy atom. The lowest BCUT2D eigenvalue weighted by molar-refractivity contribution is -0.152. The summed E-state index contributed by atoms with van der Waals surface area (Å²) in [6, 6.07) is 12.3. The number of hydrogen-bond acceptors (Lipinski definition) is 5. The number of halogens is 1. The molecular formula is C20H20FNO4. The van der Waals surface area contributed by atoms with Crippen molar-refractivity contribution in [3.63, 3.8) is 0 Å². The third-order valence-corrected chi connectivity index (χ3v) is 3.32. The smallest absolute Gasteiger partial charge is 0.347 e. The van der Waals surface area contributed by atoms with Crippen molar-refractivity contribution in [2.24, 2.45) is 5.92 Å². The van der Waals surface area contributed by atoms with Crippen LogP contribution in [0, 0.1) is 23.1 Å². The van der Waals surface area contributed by atoms with Gasteiger partial charge in [0.1, 0.15) is 11.5 Å². The maximum Gasteiger partial charge on any atom is 0.347 e. The van der Waals surface area contributed by atoms with E-state index in [1.807, 2.05) is 19.9 Å². The summed E-state index contributed by atoms with van der Waals surface area (Å²) in [5, 5.41) is 8.74. The third-order valence-electron chi connectivity index (χ3n) is 3.32. The number of esters is 1. The summed E-state index contributed by atoms with van der Waals surface area (Å²) >= 11 is 0. The van der Waals surface area contributed by atoms with Gasteiger partial charge in [-0.2, -0.15) is 5.26 Å². The van der Waals surface area contributed by atoms with E-state index in [4.69, 9.17) is 19.5 Å². The van der Waals surface area contributed by atoms with Gasteiger partial charge in [0.25, 0.3) is 0 Å². The van der Waals surface area contributed by atoms with Crippen molar-refractivity contribution in [3.05, 3.63) is 53.8 Å². The average Bonchev–Trinajstić information content (AvgIpc) is 2.62. The van der Waals surface area contributed by atoms with Gasteiger partial charge in [-0.15, -0.1) is 0 Å². The molecule has 0 saturated carbocycles. The normalized spacial score (nSPS) is 11.5. The third kappa shape index (κ3) is 5.49. The Morgan fingerprint density at radius 2 is 1.77 bits per heavy atom. The highest BCUT2D eigenvalue weighted by molar-refractivity contribution is 5.74. The summed E-state index contributed by atoms with van der Waals surface area (Å²) in [5.74, 6) is 0.0840. The van der Waals surface area contributed by atoms with Gasteiger partial charge in [0.15, 0.2) is 17.7 Å². The van der Waals surface area contributed by atoms with Gasteiger partial charge < -0.3 is 14.2 Å². The van der Waals surface area contributed by atoms with Crippen molar-refractivity contribution in [1.29, 1.82) is 5.26 Å². The second kappa shape index (κ2) is 8.86. The molecule has 2 aromatic carbocycles. The maximum atomic E-state index is 13.8. The molecule has 2 rings (SSSR count). The predicted molar refractivity (Wildman–Crippen MR) is 93.5 cm³/mol. The van der Waals surface area contributed by atoms with Crippen LogP contribution < -0.4 is 9.47 Å². The number of carbonyl (C=O) groups is 1. The molecule has 0 bridgehead atoms. The first-order valence-corrected chi connectivity index (χ1v) is 8.20. The number of ether oxygens (including phenoxy) is 3. The van der Waals surface area contributed by atoms with Crippen LogP contribution in [0.3, 0.4) is 0 Å². The van der Waals surface area contributed by atoms with Crippen LogP contribution in [0.5, 0.6) is 17.2 Å². The van der Waals surface area contributed by atoms with Crippen LogP contribution in [0.25, 0.3) is 0 Å². The lowest BCUT2D eigenvalue weighted by Gasteiger charge is -2.15. The second-order valence-electron chi connectivity index (χ2n) is 6.11. The van der Waals surface area contributed by atoms with Gasteiger partial charge in [0.2, 0.25) is 0 Å². The van der Waals surface area contributed by atoms with E-state index in [1.165, 1.54) is 12.1 Å². The molecule has 2 aromatic rings. The molecular weight excluding hydrogens is 337 g/mol. The Balaban J connectivity index is 1.96. The van der Waals surface area contributed by atoms with Gasteiger partial charge >= 0.3 is 5.97 Å².